The number of hydrogen-bond donors (Lipinski definition) is 1. The molecule has 0 unspecified atom stereocenters. The summed E-state index contributed by atoms with van der Waals surface area (Å²) in [5.41, 5.74) is 3.63. The number of rotatable bonds is 8. The Morgan fingerprint density at radius 2 is 2.06 bits per heavy atom. The molecule has 0 bridgehead atoms. The molecule has 1 N–H and O–H groups in total. The Balaban J connectivity index is 1.48. The van der Waals surface area contributed by atoms with Gasteiger partial charge < -0.3 is 14.6 Å². The van der Waals surface area contributed by atoms with Crippen LogP contribution in [0, 0.1) is 12.8 Å². The summed E-state index contributed by atoms with van der Waals surface area (Å²) in [6.07, 6.45) is 4.48. The molecule has 0 aromatic carbocycles. The standard InChI is InChI=1S/C24H30N6O4/c1-14(2)18-10-11-25-24(27-18)33-13-20-22(28-29-30(20)4)19-8-9-21(15(3)26-19)34-17-7-5-6-16(12-17)23(31)32/h8-11,14,16-17H,5-7,12-13H2,1-4H3,(H,31,32)/t16-,17-/m0/s1. The highest BCUT2D eigenvalue weighted by molar-refractivity contribution is 5.70. The van der Waals surface area contributed by atoms with Gasteiger partial charge in [0.25, 0.3) is 0 Å². The molecular formula is C24H30N6O4. The van der Waals surface area contributed by atoms with Gasteiger partial charge in [-0.05, 0) is 56.7 Å². The molecule has 1 saturated carbocycles. The molecule has 10 nitrogen and oxygen atoms in total. The third-order valence-electron chi connectivity index (χ3n) is 6.08. The number of aromatic nitrogens is 6. The Kier molecular flexibility index (Phi) is 7.04. The first-order chi connectivity index (χ1) is 16.3. The predicted molar refractivity (Wildman–Crippen MR) is 123 cm³/mol. The molecule has 3 aromatic rings. The fourth-order valence-electron chi connectivity index (χ4n) is 4.08. The number of aryl methyl sites for hydroxylation is 2. The molecule has 0 radical (unpaired) electrons. The van der Waals surface area contributed by atoms with Crippen LogP contribution in [0.25, 0.3) is 11.4 Å². The van der Waals surface area contributed by atoms with Crippen molar-refractivity contribution in [1.82, 2.24) is 29.9 Å². The van der Waals surface area contributed by atoms with E-state index in [9.17, 15) is 9.90 Å². The second kappa shape index (κ2) is 10.1. The van der Waals surface area contributed by atoms with E-state index in [-0.39, 0.29) is 24.5 Å². The van der Waals surface area contributed by atoms with Crippen molar-refractivity contribution in [3.8, 4) is 23.1 Å². The average molecular weight is 467 g/mol. The summed E-state index contributed by atoms with van der Waals surface area (Å²) in [5.74, 6) is -0.174. The molecule has 1 aliphatic carbocycles. The number of ether oxygens (including phenoxy) is 2. The summed E-state index contributed by atoms with van der Waals surface area (Å²) in [4.78, 5) is 24.7. The molecule has 1 fully saturated rings. The molecule has 180 valence electrons. The Labute approximate surface area is 198 Å². The first-order valence-corrected chi connectivity index (χ1v) is 11.5. The van der Waals surface area contributed by atoms with E-state index in [1.54, 1.807) is 17.9 Å². The number of carboxylic acids is 1. The van der Waals surface area contributed by atoms with Gasteiger partial charge in [-0.2, -0.15) is 4.98 Å². The largest absolute Gasteiger partial charge is 0.489 e. The Morgan fingerprint density at radius 3 is 2.79 bits per heavy atom. The summed E-state index contributed by atoms with van der Waals surface area (Å²) in [6.45, 7) is 6.19. The summed E-state index contributed by atoms with van der Waals surface area (Å²) >= 11 is 0. The van der Waals surface area contributed by atoms with Crippen molar-refractivity contribution in [2.45, 2.75) is 65.1 Å². The number of pyridine rings is 1. The average Bonchev–Trinajstić information content (AvgIpc) is 3.19. The number of hydrogen-bond acceptors (Lipinski definition) is 8. The molecule has 10 heteroatoms. The minimum absolute atomic E-state index is 0.122. The van der Waals surface area contributed by atoms with Crippen molar-refractivity contribution in [3.63, 3.8) is 0 Å². The van der Waals surface area contributed by atoms with Crippen molar-refractivity contribution in [2.24, 2.45) is 13.0 Å². The Morgan fingerprint density at radius 1 is 1.24 bits per heavy atom. The Bertz CT molecular complexity index is 1160. The quantitative estimate of drug-likeness (QED) is 0.529. The van der Waals surface area contributed by atoms with Crippen LogP contribution in [0.15, 0.2) is 24.4 Å². The molecule has 0 spiro atoms. The minimum atomic E-state index is -0.753. The van der Waals surface area contributed by atoms with Crippen LogP contribution in [-0.2, 0) is 18.4 Å². The molecule has 3 aromatic heterocycles. The maximum atomic E-state index is 11.3. The zero-order chi connectivity index (χ0) is 24.2. The minimum Gasteiger partial charge on any atom is -0.489 e. The van der Waals surface area contributed by atoms with Crippen molar-refractivity contribution >= 4 is 5.97 Å². The lowest BCUT2D eigenvalue weighted by Crippen LogP contribution is -2.29. The van der Waals surface area contributed by atoms with Gasteiger partial charge in [0.2, 0.25) is 0 Å². The number of carbonyl (C=O) groups is 1. The molecule has 4 rings (SSSR count). The first-order valence-electron chi connectivity index (χ1n) is 11.5. The lowest BCUT2D eigenvalue weighted by molar-refractivity contribution is -0.143. The van der Waals surface area contributed by atoms with E-state index in [2.05, 4.69) is 39.1 Å². The Hall–Kier alpha value is -3.56. The van der Waals surface area contributed by atoms with Gasteiger partial charge in [-0.3, -0.25) is 4.79 Å². The van der Waals surface area contributed by atoms with E-state index >= 15 is 0 Å². The number of nitrogens with zero attached hydrogens (tertiary/aromatic N) is 6. The zero-order valence-corrected chi connectivity index (χ0v) is 19.9. The van der Waals surface area contributed by atoms with Gasteiger partial charge in [-0.15, -0.1) is 5.10 Å². The first kappa shape index (κ1) is 23.6. The van der Waals surface area contributed by atoms with Gasteiger partial charge in [0.1, 0.15) is 23.7 Å². The summed E-state index contributed by atoms with van der Waals surface area (Å²) < 4.78 is 13.6. The van der Waals surface area contributed by atoms with Crippen LogP contribution in [-0.4, -0.2) is 47.1 Å². The zero-order valence-electron chi connectivity index (χ0n) is 19.9. The maximum Gasteiger partial charge on any atom is 0.316 e. The van der Waals surface area contributed by atoms with Gasteiger partial charge >= 0.3 is 12.0 Å². The topological polar surface area (TPSA) is 125 Å². The molecule has 2 atom stereocenters. The van der Waals surface area contributed by atoms with Crippen molar-refractivity contribution in [3.05, 3.63) is 41.5 Å². The van der Waals surface area contributed by atoms with Crippen LogP contribution >= 0.6 is 0 Å². The number of carboxylic acid groups (broad SMARTS) is 1. The van der Waals surface area contributed by atoms with E-state index in [4.69, 9.17) is 9.47 Å². The molecule has 1 aliphatic rings. The second-order valence-electron chi connectivity index (χ2n) is 8.94. The van der Waals surface area contributed by atoms with E-state index in [1.807, 2.05) is 25.1 Å². The van der Waals surface area contributed by atoms with E-state index < -0.39 is 5.97 Å². The van der Waals surface area contributed by atoms with E-state index in [0.717, 1.165) is 24.2 Å². The third kappa shape index (κ3) is 5.32. The third-order valence-corrected chi connectivity index (χ3v) is 6.08. The number of aliphatic carboxylic acids is 1. The van der Waals surface area contributed by atoms with Gasteiger partial charge in [-0.1, -0.05) is 19.1 Å². The van der Waals surface area contributed by atoms with E-state index in [0.29, 0.717) is 41.7 Å². The van der Waals surface area contributed by atoms with Crippen LogP contribution in [0.4, 0.5) is 0 Å². The molecule has 34 heavy (non-hydrogen) atoms. The van der Waals surface area contributed by atoms with Gasteiger partial charge in [0.15, 0.2) is 0 Å². The SMILES string of the molecule is Cc1nc(-c2nnn(C)c2COc2nccc(C(C)C)n2)ccc1O[C@H]1CCC[C@H](C(=O)O)C1. The predicted octanol–water partition coefficient (Wildman–Crippen LogP) is 3.70. The van der Waals surface area contributed by atoms with Crippen molar-refractivity contribution < 1.29 is 19.4 Å². The molecule has 3 heterocycles. The monoisotopic (exact) mass is 466 g/mol. The fourth-order valence-corrected chi connectivity index (χ4v) is 4.08. The van der Waals surface area contributed by atoms with Gasteiger partial charge in [0, 0.05) is 13.2 Å². The maximum absolute atomic E-state index is 11.3. The fraction of sp³-hybridized carbons (Fsp3) is 0.500. The van der Waals surface area contributed by atoms with Crippen LogP contribution < -0.4 is 9.47 Å². The lowest BCUT2D eigenvalue weighted by Gasteiger charge is -2.27. The summed E-state index contributed by atoms with van der Waals surface area (Å²) in [7, 11) is 1.80. The summed E-state index contributed by atoms with van der Waals surface area (Å²) in [5, 5.41) is 17.7. The van der Waals surface area contributed by atoms with E-state index in [1.165, 1.54) is 0 Å². The van der Waals surface area contributed by atoms with Gasteiger partial charge in [-0.25, -0.2) is 14.6 Å². The van der Waals surface area contributed by atoms with Crippen molar-refractivity contribution in [2.75, 3.05) is 0 Å². The van der Waals surface area contributed by atoms with Crippen LogP contribution in [0.2, 0.25) is 0 Å². The molecule has 0 aliphatic heterocycles. The van der Waals surface area contributed by atoms with Crippen molar-refractivity contribution in [1.29, 1.82) is 0 Å². The highest BCUT2D eigenvalue weighted by Crippen LogP contribution is 2.30. The highest BCUT2D eigenvalue weighted by atomic mass is 16.5. The molecular weight excluding hydrogens is 436 g/mol. The normalized spacial score (nSPS) is 18.1. The van der Waals surface area contributed by atoms with Crippen LogP contribution in [0.1, 0.15) is 62.5 Å². The summed E-state index contributed by atoms with van der Waals surface area (Å²) in [6, 6.07) is 5.87. The lowest BCUT2D eigenvalue weighted by atomic mass is 9.87. The van der Waals surface area contributed by atoms with Crippen LogP contribution in [0.5, 0.6) is 11.8 Å². The molecule has 0 amide bonds. The van der Waals surface area contributed by atoms with Gasteiger partial charge in [0.05, 0.1) is 29.1 Å². The second-order valence-corrected chi connectivity index (χ2v) is 8.94. The highest BCUT2D eigenvalue weighted by Gasteiger charge is 2.28. The van der Waals surface area contributed by atoms with Crippen LogP contribution in [0.3, 0.4) is 0 Å². The smallest absolute Gasteiger partial charge is 0.316 e. The molecule has 0 saturated heterocycles.